The van der Waals surface area contributed by atoms with E-state index in [2.05, 4.69) is 26.6 Å². The van der Waals surface area contributed by atoms with Crippen LogP contribution in [0.15, 0.2) is 27.6 Å². The summed E-state index contributed by atoms with van der Waals surface area (Å²) in [5, 5.41) is 0. The zero-order valence-corrected chi connectivity index (χ0v) is 11.9. The molecule has 4 nitrogen and oxygen atoms in total. The Labute approximate surface area is 110 Å². The highest BCUT2D eigenvalue weighted by Gasteiger charge is 2.24. The third-order valence-electron chi connectivity index (χ3n) is 2.03. The van der Waals surface area contributed by atoms with E-state index in [1.165, 1.54) is 18.2 Å². The zero-order valence-electron chi connectivity index (χ0n) is 9.49. The molecule has 17 heavy (non-hydrogen) atoms. The molecule has 0 fully saturated rings. The Morgan fingerprint density at radius 3 is 2.53 bits per heavy atom. The lowest BCUT2D eigenvalue weighted by Crippen LogP contribution is -2.41. The number of terminal acetylenes is 1. The van der Waals surface area contributed by atoms with Crippen LogP contribution in [0.25, 0.3) is 0 Å². The highest BCUT2D eigenvalue weighted by Crippen LogP contribution is 2.23. The van der Waals surface area contributed by atoms with Gasteiger partial charge in [-0.15, -0.1) is 6.42 Å². The minimum absolute atomic E-state index is 0.113. The molecule has 0 amide bonds. The van der Waals surface area contributed by atoms with Crippen molar-refractivity contribution in [3.05, 3.63) is 22.7 Å². The Morgan fingerprint density at radius 1 is 1.47 bits per heavy atom. The Kier molecular flexibility index (Phi) is 3.87. The molecule has 0 heterocycles. The Morgan fingerprint density at radius 2 is 2.06 bits per heavy atom. The van der Waals surface area contributed by atoms with Crippen molar-refractivity contribution in [2.24, 2.45) is 0 Å². The molecule has 1 aromatic carbocycles. The van der Waals surface area contributed by atoms with Gasteiger partial charge in [0.25, 0.3) is 0 Å². The van der Waals surface area contributed by atoms with Crippen molar-refractivity contribution >= 4 is 31.6 Å². The summed E-state index contributed by atoms with van der Waals surface area (Å²) < 4.78 is 27.0. The van der Waals surface area contributed by atoms with Crippen LogP contribution in [-0.2, 0) is 10.0 Å². The van der Waals surface area contributed by atoms with Gasteiger partial charge >= 0.3 is 0 Å². The van der Waals surface area contributed by atoms with Crippen LogP contribution >= 0.6 is 15.9 Å². The normalized spacial score (nSPS) is 12.1. The topological polar surface area (TPSA) is 72.2 Å². The van der Waals surface area contributed by atoms with E-state index >= 15 is 0 Å². The number of anilines is 1. The van der Waals surface area contributed by atoms with Crippen LogP contribution in [0.4, 0.5) is 5.69 Å². The summed E-state index contributed by atoms with van der Waals surface area (Å²) >= 11 is 3.18. The van der Waals surface area contributed by atoms with Gasteiger partial charge in [-0.2, -0.15) is 4.72 Å². The molecule has 0 spiro atoms. The second-order valence-electron chi connectivity index (χ2n) is 4.06. The molecule has 0 aliphatic rings. The van der Waals surface area contributed by atoms with Gasteiger partial charge in [0.05, 0.1) is 10.4 Å². The van der Waals surface area contributed by atoms with Crippen molar-refractivity contribution in [3.63, 3.8) is 0 Å². The van der Waals surface area contributed by atoms with Gasteiger partial charge in [-0.3, -0.25) is 0 Å². The predicted octanol–water partition coefficient (Wildman–Crippen LogP) is 1.72. The average Bonchev–Trinajstić information content (AvgIpc) is 2.20. The number of nitrogens with two attached hydrogens (primary N) is 1. The maximum absolute atomic E-state index is 12.0. The van der Waals surface area contributed by atoms with Gasteiger partial charge < -0.3 is 5.73 Å². The predicted molar refractivity (Wildman–Crippen MR) is 71.8 cm³/mol. The maximum atomic E-state index is 12.0. The van der Waals surface area contributed by atoms with E-state index in [1.807, 2.05) is 0 Å². The number of benzene rings is 1. The number of sulfonamides is 1. The van der Waals surface area contributed by atoms with Gasteiger partial charge in [-0.1, -0.05) is 5.92 Å². The van der Waals surface area contributed by atoms with E-state index < -0.39 is 15.6 Å². The molecular formula is C11H13BrN2O2S. The van der Waals surface area contributed by atoms with Crippen LogP contribution in [0, 0.1) is 12.3 Å². The van der Waals surface area contributed by atoms with E-state index in [-0.39, 0.29) is 4.90 Å². The van der Waals surface area contributed by atoms with Gasteiger partial charge in [0.1, 0.15) is 0 Å². The van der Waals surface area contributed by atoms with Crippen molar-refractivity contribution in [2.75, 3.05) is 5.73 Å². The number of hydrogen-bond acceptors (Lipinski definition) is 3. The number of rotatable bonds is 3. The molecule has 1 rings (SSSR count). The monoisotopic (exact) mass is 316 g/mol. The molecule has 0 aliphatic heterocycles. The molecule has 3 N–H and O–H groups in total. The molecule has 0 saturated carbocycles. The second-order valence-corrected chi connectivity index (χ2v) is 6.59. The molecule has 0 atom stereocenters. The van der Waals surface area contributed by atoms with Crippen LogP contribution in [-0.4, -0.2) is 14.0 Å². The van der Waals surface area contributed by atoms with Crippen molar-refractivity contribution < 1.29 is 8.42 Å². The maximum Gasteiger partial charge on any atom is 0.241 e. The summed E-state index contributed by atoms with van der Waals surface area (Å²) in [6.07, 6.45) is 5.24. The first-order valence-corrected chi connectivity index (χ1v) is 7.02. The smallest absolute Gasteiger partial charge is 0.241 e. The highest BCUT2D eigenvalue weighted by molar-refractivity contribution is 9.10. The molecule has 92 valence electrons. The fourth-order valence-electron chi connectivity index (χ4n) is 1.10. The fourth-order valence-corrected chi connectivity index (χ4v) is 3.00. The lowest BCUT2D eigenvalue weighted by Gasteiger charge is -2.19. The van der Waals surface area contributed by atoms with Crippen LogP contribution in [0.1, 0.15) is 13.8 Å². The lowest BCUT2D eigenvalue weighted by atomic mass is 10.1. The molecule has 0 aromatic heterocycles. The van der Waals surface area contributed by atoms with E-state index in [1.54, 1.807) is 13.8 Å². The molecule has 0 unspecified atom stereocenters. The second kappa shape index (κ2) is 4.69. The molecule has 0 bridgehead atoms. The number of halogens is 1. The molecule has 0 saturated heterocycles. The highest BCUT2D eigenvalue weighted by atomic mass is 79.9. The van der Waals surface area contributed by atoms with Gasteiger partial charge in [0, 0.05) is 10.2 Å². The summed E-state index contributed by atoms with van der Waals surface area (Å²) in [7, 11) is -3.65. The van der Waals surface area contributed by atoms with Gasteiger partial charge in [0.2, 0.25) is 10.0 Å². The number of nitrogen functional groups attached to an aromatic ring is 1. The summed E-state index contributed by atoms with van der Waals surface area (Å²) in [6.45, 7) is 3.22. The van der Waals surface area contributed by atoms with E-state index in [9.17, 15) is 8.42 Å². The van der Waals surface area contributed by atoms with E-state index in [4.69, 9.17) is 12.2 Å². The molecule has 1 aromatic rings. The molecule has 6 heteroatoms. The summed E-state index contributed by atoms with van der Waals surface area (Å²) in [6, 6.07) is 4.38. The van der Waals surface area contributed by atoms with Crippen molar-refractivity contribution in [1.82, 2.24) is 4.72 Å². The SMILES string of the molecule is C#CC(C)(C)NS(=O)(=O)c1ccc(N)c(Br)c1. The average molecular weight is 317 g/mol. The number of hydrogen-bond donors (Lipinski definition) is 2. The van der Waals surface area contributed by atoms with Gasteiger partial charge in [-0.25, -0.2) is 8.42 Å². The minimum Gasteiger partial charge on any atom is -0.398 e. The van der Waals surface area contributed by atoms with Crippen LogP contribution in [0.3, 0.4) is 0 Å². The summed E-state index contributed by atoms with van der Waals surface area (Å²) in [5.41, 5.74) is 5.13. The molecular weight excluding hydrogens is 304 g/mol. The molecule has 0 aliphatic carbocycles. The zero-order chi connectivity index (χ0) is 13.3. The van der Waals surface area contributed by atoms with E-state index in [0.29, 0.717) is 10.2 Å². The van der Waals surface area contributed by atoms with Crippen LogP contribution in [0.2, 0.25) is 0 Å². The molecule has 0 radical (unpaired) electrons. The van der Waals surface area contributed by atoms with Gasteiger partial charge in [0.15, 0.2) is 0 Å². The lowest BCUT2D eigenvalue weighted by molar-refractivity contribution is 0.539. The standard InChI is InChI=1S/C11H13BrN2O2S/c1-4-11(2,3)14-17(15,16)8-5-6-10(13)9(12)7-8/h1,5-7,14H,13H2,2-3H3. The first kappa shape index (κ1) is 14.0. The first-order chi connectivity index (χ1) is 7.68. The Balaban J connectivity index is 3.16. The third-order valence-corrected chi connectivity index (χ3v) is 4.37. The van der Waals surface area contributed by atoms with E-state index in [0.717, 1.165) is 0 Å². The third kappa shape index (κ3) is 3.46. The summed E-state index contributed by atoms with van der Waals surface area (Å²) in [4.78, 5) is 0.113. The summed E-state index contributed by atoms with van der Waals surface area (Å²) in [5.74, 6) is 2.37. The minimum atomic E-state index is -3.65. The van der Waals surface area contributed by atoms with Crippen molar-refractivity contribution in [1.29, 1.82) is 0 Å². The van der Waals surface area contributed by atoms with Gasteiger partial charge in [-0.05, 0) is 48.0 Å². The largest absolute Gasteiger partial charge is 0.398 e. The quantitative estimate of drug-likeness (QED) is 0.659. The van der Waals surface area contributed by atoms with Crippen molar-refractivity contribution in [2.45, 2.75) is 24.3 Å². The first-order valence-electron chi connectivity index (χ1n) is 4.75. The fraction of sp³-hybridized carbons (Fsp3) is 0.273. The Hall–Kier alpha value is -1.03. The van der Waals surface area contributed by atoms with Crippen LogP contribution < -0.4 is 10.5 Å². The Bertz CT molecular complexity index is 574. The van der Waals surface area contributed by atoms with Crippen molar-refractivity contribution in [3.8, 4) is 12.3 Å². The van der Waals surface area contributed by atoms with Crippen LogP contribution in [0.5, 0.6) is 0 Å². The number of nitrogens with one attached hydrogen (secondary N) is 1.